The van der Waals surface area contributed by atoms with Crippen LogP contribution >= 0.6 is 0 Å². The number of benzene rings is 1. The average Bonchev–Trinajstić information content (AvgIpc) is 2.91. The number of aryl methyl sites for hydroxylation is 2. The number of nitro groups is 2. The van der Waals surface area contributed by atoms with Crippen LogP contribution in [0.15, 0.2) is 12.3 Å². The van der Waals surface area contributed by atoms with Crippen LogP contribution in [0.4, 0.5) is 17.1 Å². The maximum Gasteiger partial charge on any atom is 0.302 e. The van der Waals surface area contributed by atoms with E-state index >= 15 is 0 Å². The second kappa shape index (κ2) is 7.26. The van der Waals surface area contributed by atoms with Gasteiger partial charge in [-0.25, -0.2) is 0 Å². The highest BCUT2D eigenvalue weighted by Crippen LogP contribution is 2.39. The van der Waals surface area contributed by atoms with Crippen molar-refractivity contribution in [2.24, 2.45) is 7.05 Å². The average molecular weight is 349 g/mol. The topological polar surface area (TPSA) is 136 Å². The highest BCUT2D eigenvalue weighted by atomic mass is 16.6. The summed E-state index contributed by atoms with van der Waals surface area (Å²) in [5.74, 6) is 0. The van der Waals surface area contributed by atoms with Gasteiger partial charge in [-0.05, 0) is 18.9 Å². The molecule has 0 saturated heterocycles. The minimum Gasteiger partial charge on any atom is -0.392 e. The smallest absolute Gasteiger partial charge is 0.302 e. The first-order chi connectivity index (χ1) is 11.8. The van der Waals surface area contributed by atoms with Gasteiger partial charge in [0.15, 0.2) is 5.69 Å². The normalized spacial score (nSPS) is 10.7. The van der Waals surface area contributed by atoms with Crippen molar-refractivity contribution in [1.82, 2.24) is 9.78 Å². The van der Waals surface area contributed by atoms with Crippen molar-refractivity contribution in [3.63, 3.8) is 0 Å². The lowest BCUT2D eigenvalue weighted by atomic mass is 10.0. The first kappa shape index (κ1) is 18.3. The maximum atomic E-state index is 11.5. The van der Waals surface area contributed by atoms with E-state index in [2.05, 4.69) is 10.4 Å². The molecule has 10 heteroatoms. The van der Waals surface area contributed by atoms with E-state index < -0.39 is 27.8 Å². The summed E-state index contributed by atoms with van der Waals surface area (Å²) in [5, 5.41) is 39.3. The Morgan fingerprint density at radius 3 is 2.48 bits per heavy atom. The van der Waals surface area contributed by atoms with Gasteiger partial charge in [0.25, 0.3) is 5.69 Å². The van der Waals surface area contributed by atoms with Gasteiger partial charge in [0.1, 0.15) is 0 Å². The number of aliphatic hydroxyl groups is 1. The number of anilines is 1. The van der Waals surface area contributed by atoms with Gasteiger partial charge in [-0.1, -0.05) is 6.92 Å². The predicted molar refractivity (Wildman–Crippen MR) is 90.3 cm³/mol. The van der Waals surface area contributed by atoms with Gasteiger partial charge in [-0.2, -0.15) is 5.10 Å². The van der Waals surface area contributed by atoms with Crippen LogP contribution in [0, 0.1) is 27.2 Å². The van der Waals surface area contributed by atoms with Crippen molar-refractivity contribution in [3.05, 3.63) is 54.9 Å². The number of hydrogen-bond acceptors (Lipinski definition) is 7. The lowest BCUT2D eigenvalue weighted by molar-refractivity contribution is -0.392. The molecule has 2 N–H and O–H groups in total. The third-order valence-electron chi connectivity index (χ3n) is 3.97. The van der Waals surface area contributed by atoms with E-state index in [4.69, 9.17) is 0 Å². The Hall–Kier alpha value is -3.01. The molecular weight excluding hydrogens is 330 g/mol. The Labute approximate surface area is 143 Å². The Balaban J connectivity index is 2.52. The van der Waals surface area contributed by atoms with E-state index in [-0.39, 0.29) is 23.4 Å². The molecular formula is C15H19N5O5. The van der Waals surface area contributed by atoms with Crippen LogP contribution in [0.3, 0.4) is 0 Å². The fourth-order valence-corrected chi connectivity index (χ4v) is 2.73. The van der Waals surface area contributed by atoms with Gasteiger partial charge in [-0.15, -0.1) is 0 Å². The lowest BCUT2D eigenvalue weighted by Crippen LogP contribution is -2.09. The number of hydrogen-bond donors (Lipinski definition) is 2. The first-order valence-electron chi connectivity index (χ1n) is 7.61. The summed E-state index contributed by atoms with van der Waals surface area (Å²) in [7, 11) is 1.76. The van der Waals surface area contributed by atoms with Gasteiger partial charge in [0.05, 0.1) is 22.1 Å². The summed E-state index contributed by atoms with van der Waals surface area (Å²) in [6.45, 7) is 3.03. The summed E-state index contributed by atoms with van der Waals surface area (Å²) >= 11 is 0. The van der Waals surface area contributed by atoms with E-state index in [1.807, 2.05) is 6.92 Å². The van der Waals surface area contributed by atoms with Gasteiger partial charge in [0.2, 0.25) is 0 Å². The Morgan fingerprint density at radius 1 is 1.28 bits per heavy atom. The van der Waals surface area contributed by atoms with Crippen LogP contribution in [0.25, 0.3) is 0 Å². The summed E-state index contributed by atoms with van der Waals surface area (Å²) in [5.41, 5.74) is 0.947. The van der Waals surface area contributed by atoms with Crippen LogP contribution in [0.2, 0.25) is 0 Å². The van der Waals surface area contributed by atoms with Crippen LogP contribution in [0.1, 0.15) is 29.3 Å². The fourth-order valence-electron chi connectivity index (χ4n) is 2.73. The van der Waals surface area contributed by atoms with Crippen molar-refractivity contribution in [2.75, 3.05) is 5.32 Å². The number of aromatic nitrogens is 2. The minimum absolute atomic E-state index is 0.152. The molecule has 0 spiro atoms. The molecule has 25 heavy (non-hydrogen) atoms. The Bertz CT molecular complexity index is 830. The third kappa shape index (κ3) is 3.58. The number of nitrogens with one attached hydrogen (secondary N) is 1. The summed E-state index contributed by atoms with van der Waals surface area (Å²) < 4.78 is 1.62. The summed E-state index contributed by atoms with van der Waals surface area (Å²) in [6, 6.07) is 1.16. The molecule has 2 aromatic rings. The molecule has 0 fully saturated rings. The monoisotopic (exact) mass is 349 g/mol. The second-order valence-electron chi connectivity index (χ2n) is 5.56. The molecule has 10 nitrogen and oxygen atoms in total. The van der Waals surface area contributed by atoms with Crippen LogP contribution in [-0.2, 0) is 26.6 Å². The molecule has 0 amide bonds. The van der Waals surface area contributed by atoms with Crippen molar-refractivity contribution < 1.29 is 15.0 Å². The summed E-state index contributed by atoms with van der Waals surface area (Å²) in [6.07, 6.45) is 2.43. The van der Waals surface area contributed by atoms with Gasteiger partial charge in [-0.3, -0.25) is 24.9 Å². The fraction of sp³-hybridized carbons (Fsp3) is 0.400. The highest BCUT2D eigenvalue weighted by Gasteiger charge is 2.30. The zero-order valence-electron chi connectivity index (χ0n) is 14.1. The van der Waals surface area contributed by atoms with E-state index in [0.29, 0.717) is 6.42 Å². The van der Waals surface area contributed by atoms with Gasteiger partial charge >= 0.3 is 5.69 Å². The molecule has 134 valence electrons. The number of nitro benzene ring substituents is 2. The molecule has 0 aliphatic rings. The molecule has 1 heterocycles. The van der Waals surface area contributed by atoms with E-state index in [1.54, 1.807) is 17.9 Å². The van der Waals surface area contributed by atoms with Crippen molar-refractivity contribution in [2.45, 2.75) is 33.4 Å². The van der Waals surface area contributed by atoms with Gasteiger partial charge in [0, 0.05) is 37.0 Å². The molecule has 0 bridgehead atoms. The van der Waals surface area contributed by atoms with Crippen molar-refractivity contribution in [1.29, 1.82) is 0 Å². The lowest BCUT2D eigenvalue weighted by Gasteiger charge is -2.12. The van der Waals surface area contributed by atoms with E-state index in [1.165, 1.54) is 6.92 Å². The predicted octanol–water partition coefficient (Wildman–Crippen LogP) is 2.21. The second-order valence-corrected chi connectivity index (χ2v) is 5.56. The molecule has 0 radical (unpaired) electrons. The number of nitrogens with zero attached hydrogens (tertiary/aromatic N) is 4. The molecule has 1 aromatic heterocycles. The zero-order chi connectivity index (χ0) is 18.7. The molecule has 0 aliphatic carbocycles. The maximum absolute atomic E-state index is 11.5. The Kier molecular flexibility index (Phi) is 5.32. The van der Waals surface area contributed by atoms with Crippen LogP contribution in [0.5, 0.6) is 0 Å². The zero-order valence-corrected chi connectivity index (χ0v) is 14.1. The van der Waals surface area contributed by atoms with E-state index in [0.717, 1.165) is 17.3 Å². The third-order valence-corrected chi connectivity index (χ3v) is 3.97. The Morgan fingerprint density at radius 2 is 1.96 bits per heavy atom. The number of rotatable bonds is 7. The summed E-state index contributed by atoms with van der Waals surface area (Å²) in [4.78, 5) is 21.5. The first-order valence-corrected chi connectivity index (χ1v) is 7.61. The molecule has 0 aliphatic heterocycles. The number of aliphatic hydroxyl groups excluding tert-OH is 1. The van der Waals surface area contributed by atoms with Crippen LogP contribution in [-0.4, -0.2) is 24.7 Å². The SMILES string of the molecule is CCc1nn(C)cc1CNc1c([N+](=O)[O-])cc(CO)c(C)c1[N+](=O)[O-]. The van der Waals surface area contributed by atoms with Gasteiger partial charge < -0.3 is 10.4 Å². The molecule has 0 atom stereocenters. The molecule has 2 rings (SSSR count). The standard InChI is InChI=1S/C15H19N5O5/c1-4-12-11(7-18(3)17-12)6-16-14-13(19(22)23)5-10(8-21)9(2)15(14)20(24)25/h5,7,16,21H,4,6,8H2,1-3H3. The highest BCUT2D eigenvalue weighted by molar-refractivity contribution is 5.77. The van der Waals surface area contributed by atoms with Crippen LogP contribution < -0.4 is 5.32 Å². The van der Waals surface area contributed by atoms with Crippen molar-refractivity contribution >= 4 is 17.1 Å². The van der Waals surface area contributed by atoms with Crippen molar-refractivity contribution in [3.8, 4) is 0 Å². The molecule has 1 aromatic carbocycles. The van der Waals surface area contributed by atoms with E-state index in [9.17, 15) is 25.3 Å². The quantitative estimate of drug-likeness (QED) is 0.577. The molecule has 0 unspecified atom stereocenters. The largest absolute Gasteiger partial charge is 0.392 e. The minimum atomic E-state index is -0.697. The molecule has 0 saturated carbocycles.